The Morgan fingerprint density at radius 1 is 1.25 bits per heavy atom. The lowest BCUT2D eigenvalue weighted by Crippen LogP contribution is -2.31. The van der Waals surface area contributed by atoms with E-state index in [-0.39, 0.29) is 5.91 Å². The molecule has 5 heteroatoms. The van der Waals surface area contributed by atoms with Crippen molar-refractivity contribution < 1.29 is 14.1 Å². The number of ether oxygens (including phenoxy) is 1. The van der Waals surface area contributed by atoms with E-state index >= 15 is 0 Å². The van der Waals surface area contributed by atoms with Crippen molar-refractivity contribution in [2.24, 2.45) is 5.41 Å². The number of rotatable bonds is 7. The Kier molecular flexibility index (Phi) is 5.65. The second-order valence-corrected chi connectivity index (χ2v) is 6.88. The number of nitrogens with one attached hydrogen (secondary N) is 1. The smallest absolute Gasteiger partial charge is 0.231 e. The molecule has 0 fully saturated rings. The molecule has 0 bridgehead atoms. The highest BCUT2D eigenvalue weighted by atomic mass is 16.5. The fraction of sp³-hybridized carbons (Fsp3) is 0.474. The summed E-state index contributed by atoms with van der Waals surface area (Å²) in [6.45, 7) is 10.3. The molecule has 0 saturated carbocycles. The summed E-state index contributed by atoms with van der Waals surface area (Å²) in [6.07, 6.45) is 1.52. The van der Waals surface area contributed by atoms with Gasteiger partial charge < -0.3 is 14.6 Å². The number of carbonyl (C=O) groups excluding carboxylic acids is 1. The maximum atomic E-state index is 12.4. The molecule has 1 amide bonds. The lowest BCUT2D eigenvalue weighted by Gasteiger charge is -2.22. The van der Waals surface area contributed by atoms with Crippen molar-refractivity contribution >= 4 is 11.7 Å². The van der Waals surface area contributed by atoms with Crippen molar-refractivity contribution in [1.82, 2.24) is 5.16 Å². The monoisotopic (exact) mass is 330 g/mol. The number of amides is 1. The van der Waals surface area contributed by atoms with Crippen molar-refractivity contribution in [1.29, 1.82) is 0 Å². The Bertz CT molecular complexity index is 704. The summed E-state index contributed by atoms with van der Waals surface area (Å²) in [6, 6.07) is 7.88. The molecule has 0 spiro atoms. The first-order chi connectivity index (χ1) is 11.3. The average Bonchev–Trinajstić information content (AvgIpc) is 2.92. The lowest BCUT2D eigenvalue weighted by atomic mass is 9.87. The van der Waals surface area contributed by atoms with Crippen LogP contribution in [0.3, 0.4) is 0 Å². The minimum absolute atomic E-state index is 0.0671. The standard InChI is InChI=1S/C19H26N2O3/c1-13-7-8-14(2)16(11-13)23-10-6-9-19(4,5)18(22)20-17-12-15(3)24-21-17/h7-8,11-12H,6,9-10H2,1-5H3,(H,20,21,22). The van der Waals surface area contributed by atoms with Crippen molar-refractivity contribution in [2.75, 3.05) is 11.9 Å². The highest BCUT2D eigenvalue weighted by molar-refractivity contribution is 5.93. The molecular formula is C19H26N2O3. The van der Waals surface area contributed by atoms with Crippen molar-refractivity contribution in [3.05, 3.63) is 41.2 Å². The first-order valence-corrected chi connectivity index (χ1v) is 8.23. The Morgan fingerprint density at radius 2 is 2.00 bits per heavy atom. The van der Waals surface area contributed by atoms with Gasteiger partial charge in [-0.2, -0.15) is 0 Å². The summed E-state index contributed by atoms with van der Waals surface area (Å²) in [5.74, 6) is 1.97. The zero-order valence-electron chi connectivity index (χ0n) is 15.1. The first-order valence-electron chi connectivity index (χ1n) is 8.23. The Balaban J connectivity index is 1.81. The maximum absolute atomic E-state index is 12.4. The van der Waals surface area contributed by atoms with E-state index in [0.29, 0.717) is 18.2 Å². The third-order valence-corrected chi connectivity index (χ3v) is 4.03. The van der Waals surface area contributed by atoms with Crippen LogP contribution in [0, 0.1) is 26.2 Å². The molecule has 1 heterocycles. The van der Waals surface area contributed by atoms with Gasteiger partial charge in [0.1, 0.15) is 11.5 Å². The van der Waals surface area contributed by atoms with Crippen molar-refractivity contribution in [3.8, 4) is 5.75 Å². The predicted octanol–water partition coefficient (Wildman–Crippen LogP) is 4.42. The van der Waals surface area contributed by atoms with Gasteiger partial charge >= 0.3 is 0 Å². The summed E-state index contributed by atoms with van der Waals surface area (Å²) in [5, 5.41) is 6.59. The number of aromatic nitrogens is 1. The summed E-state index contributed by atoms with van der Waals surface area (Å²) >= 11 is 0. The van der Waals surface area contributed by atoms with Gasteiger partial charge in [-0.15, -0.1) is 0 Å². The Morgan fingerprint density at radius 3 is 2.67 bits per heavy atom. The molecule has 0 unspecified atom stereocenters. The zero-order valence-corrected chi connectivity index (χ0v) is 15.1. The van der Waals surface area contributed by atoms with Crippen LogP contribution in [0.5, 0.6) is 5.75 Å². The van der Waals surface area contributed by atoms with Gasteiger partial charge in [0.15, 0.2) is 5.82 Å². The van der Waals surface area contributed by atoms with Crippen LogP contribution >= 0.6 is 0 Å². The van der Waals surface area contributed by atoms with E-state index in [1.165, 1.54) is 5.56 Å². The molecule has 2 aromatic rings. The van der Waals surface area contributed by atoms with Crippen LogP contribution in [0.2, 0.25) is 0 Å². The molecule has 0 radical (unpaired) electrons. The van der Waals surface area contributed by atoms with Gasteiger partial charge in [-0.05, 0) is 50.8 Å². The van der Waals surface area contributed by atoms with Crippen molar-refractivity contribution in [3.63, 3.8) is 0 Å². The molecule has 1 N–H and O–H groups in total. The van der Waals surface area contributed by atoms with Gasteiger partial charge in [0.25, 0.3) is 0 Å². The summed E-state index contributed by atoms with van der Waals surface area (Å²) in [5.41, 5.74) is 1.80. The predicted molar refractivity (Wildman–Crippen MR) is 94.3 cm³/mol. The van der Waals surface area contributed by atoms with Gasteiger partial charge in [0.2, 0.25) is 5.91 Å². The molecular weight excluding hydrogens is 304 g/mol. The van der Waals surface area contributed by atoms with Gasteiger partial charge in [0, 0.05) is 11.5 Å². The molecule has 0 saturated heterocycles. The number of hydrogen-bond acceptors (Lipinski definition) is 4. The average molecular weight is 330 g/mol. The normalized spacial score (nSPS) is 11.4. The quantitative estimate of drug-likeness (QED) is 0.763. The molecule has 2 rings (SSSR count). The number of aryl methyl sites for hydroxylation is 3. The van der Waals surface area contributed by atoms with Crippen LogP contribution in [0.1, 0.15) is 43.6 Å². The molecule has 1 aromatic carbocycles. The van der Waals surface area contributed by atoms with Crippen LogP contribution in [0.4, 0.5) is 5.82 Å². The molecule has 1 aromatic heterocycles. The number of carbonyl (C=O) groups is 1. The van der Waals surface area contributed by atoms with Crippen LogP contribution in [-0.4, -0.2) is 17.7 Å². The highest BCUT2D eigenvalue weighted by Gasteiger charge is 2.27. The van der Waals surface area contributed by atoms with E-state index in [0.717, 1.165) is 24.2 Å². The lowest BCUT2D eigenvalue weighted by molar-refractivity contribution is -0.124. The molecule has 0 atom stereocenters. The van der Waals surface area contributed by atoms with Crippen LogP contribution < -0.4 is 10.1 Å². The highest BCUT2D eigenvalue weighted by Crippen LogP contribution is 2.25. The minimum atomic E-state index is -0.502. The number of hydrogen-bond donors (Lipinski definition) is 1. The molecule has 0 aliphatic heterocycles. The maximum Gasteiger partial charge on any atom is 0.231 e. The molecule has 5 nitrogen and oxygen atoms in total. The van der Waals surface area contributed by atoms with Crippen molar-refractivity contribution in [2.45, 2.75) is 47.5 Å². The van der Waals surface area contributed by atoms with Crippen LogP contribution in [0.15, 0.2) is 28.8 Å². The van der Waals surface area contributed by atoms with Gasteiger partial charge in [-0.25, -0.2) is 0 Å². The Hall–Kier alpha value is -2.30. The largest absolute Gasteiger partial charge is 0.493 e. The first kappa shape index (κ1) is 18.0. The van der Waals surface area contributed by atoms with Crippen LogP contribution in [0.25, 0.3) is 0 Å². The van der Waals surface area contributed by atoms with E-state index in [1.807, 2.05) is 33.8 Å². The third kappa shape index (κ3) is 4.85. The summed E-state index contributed by atoms with van der Waals surface area (Å²) < 4.78 is 10.8. The van der Waals surface area contributed by atoms with E-state index in [2.05, 4.69) is 22.6 Å². The van der Waals surface area contributed by atoms with E-state index in [1.54, 1.807) is 13.0 Å². The molecule has 24 heavy (non-hydrogen) atoms. The molecule has 130 valence electrons. The second kappa shape index (κ2) is 7.51. The minimum Gasteiger partial charge on any atom is -0.493 e. The summed E-state index contributed by atoms with van der Waals surface area (Å²) in [4.78, 5) is 12.4. The zero-order chi connectivity index (χ0) is 17.7. The third-order valence-electron chi connectivity index (χ3n) is 4.03. The van der Waals surface area contributed by atoms with Gasteiger partial charge in [-0.3, -0.25) is 4.79 Å². The van der Waals surface area contributed by atoms with E-state index in [9.17, 15) is 4.79 Å². The number of anilines is 1. The van der Waals surface area contributed by atoms with Crippen LogP contribution in [-0.2, 0) is 4.79 Å². The molecule has 0 aliphatic rings. The van der Waals surface area contributed by atoms with E-state index < -0.39 is 5.41 Å². The Labute approximate surface area is 143 Å². The molecule has 0 aliphatic carbocycles. The SMILES string of the molecule is Cc1ccc(C)c(OCCCC(C)(C)C(=O)Nc2cc(C)on2)c1. The number of benzene rings is 1. The fourth-order valence-electron chi connectivity index (χ4n) is 2.38. The van der Waals surface area contributed by atoms with Gasteiger partial charge in [0.05, 0.1) is 6.61 Å². The fourth-order valence-corrected chi connectivity index (χ4v) is 2.38. The summed E-state index contributed by atoms with van der Waals surface area (Å²) in [7, 11) is 0. The van der Waals surface area contributed by atoms with Gasteiger partial charge in [-0.1, -0.05) is 31.1 Å². The second-order valence-electron chi connectivity index (χ2n) is 6.88. The van der Waals surface area contributed by atoms with E-state index in [4.69, 9.17) is 9.26 Å². The topological polar surface area (TPSA) is 64.4 Å². The number of nitrogens with zero attached hydrogens (tertiary/aromatic N) is 1.